The number of aliphatic hydroxyl groups excluding tert-OH is 1. The van der Waals surface area contributed by atoms with E-state index in [0.717, 1.165) is 12.0 Å². The second-order valence-electron chi connectivity index (χ2n) is 7.14. The van der Waals surface area contributed by atoms with Gasteiger partial charge in [0, 0.05) is 17.4 Å². The number of carbonyl (C=O) groups excluding carboxylic acids is 2. The Kier molecular flexibility index (Phi) is 3.87. The molecule has 1 N–H and O–H groups in total. The SMILES string of the molecule is CCC(=O)O[C@@H]1c2c(C)coc2C(=O)[C@H]2[C@@H](O)CC[C@H](C)[C@@]12C. The van der Waals surface area contributed by atoms with Crippen molar-refractivity contribution < 1.29 is 23.8 Å². The van der Waals surface area contributed by atoms with Crippen LogP contribution < -0.4 is 0 Å². The predicted molar refractivity (Wildman–Crippen MR) is 82.9 cm³/mol. The summed E-state index contributed by atoms with van der Waals surface area (Å²) in [5.41, 5.74) is 0.868. The first kappa shape index (κ1) is 16.2. The number of Topliss-reactive ketones (excluding diaryl/α,β-unsaturated/α-hetero) is 1. The lowest BCUT2D eigenvalue weighted by atomic mass is 9.53. The van der Waals surface area contributed by atoms with Crippen LogP contribution in [0.1, 0.15) is 67.8 Å². The first-order chi connectivity index (χ1) is 10.8. The van der Waals surface area contributed by atoms with Crippen molar-refractivity contribution in [2.24, 2.45) is 17.3 Å². The summed E-state index contributed by atoms with van der Waals surface area (Å²) in [5, 5.41) is 10.5. The highest BCUT2D eigenvalue weighted by atomic mass is 16.5. The molecular formula is C18H24O5. The molecule has 0 aromatic carbocycles. The van der Waals surface area contributed by atoms with Crippen molar-refractivity contribution in [3.63, 3.8) is 0 Å². The highest BCUT2D eigenvalue weighted by Gasteiger charge is 2.61. The summed E-state index contributed by atoms with van der Waals surface area (Å²) in [6.45, 7) is 7.64. The second kappa shape index (κ2) is 5.48. The van der Waals surface area contributed by atoms with Gasteiger partial charge in [0.05, 0.1) is 18.3 Å². The number of ketones is 1. The molecule has 0 radical (unpaired) electrons. The van der Waals surface area contributed by atoms with Crippen LogP contribution in [-0.4, -0.2) is 23.0 Å². The molecule has 0 spiro atoms. The van der Waals surface area contributed by atoms with Crippen molar-refractivity contribution in [1.82, 2.24) is 0 Å². The van der Waals surface area contributed by atoms with Gasteiger partial charge < -0.3 is 14.3 Å². The van der Waals surface area contributed by atoms with E-state index in [2.05, 4.69) is 6.92 Å². The molecule has 5 nitrogen and oxygen atoms in total. The predicted octanol–water partition coefficient (Wildman–Crippen LogP) is 3.19. The molecule has 1 aromatic rings. The third kappa shape index (κ3) is 2.17. The lowest BCUT2D eigenvalue weighted by Gasteiger charge is -2.53. The fraction of sp³-hybridized carbons (Fsp3) is 0.667. The summed E-state index contributed by atoms with van der Waals surface area (Å²) >= 11 is 0. The molecule has 1 heterocycles. The molecule has 126 valence electrons. The Bertz CT molecular complexity index is 646. The first-order valence-electron chi connectivity index (χ1n) is 8.32. The van der Waals surface area contributed by atoms with Crippen molar-refractivity contribution in [3.8, 4) is 0 Å². The number of fused-ring (bicyclic) bond motifs is 2. The number of hydrogen-bond acceptors (Lipinski definition) is 5. The van der Waals surface area contributed by atoms with Gasteiger partial charge in [-0.1, -0.05) is 20.8 Å². The van der Waals surface area contributed by atoms with Gasteiger partial charge in [0.25, 0.3) is 0 Å². The van der Waals surface area contributed by atoms with Gasteiger partial charge in [-0.05, 0) is 31.2 Å². The summed E-state index contributed by atoms with van der Waals surface area (Å²) in [6, 6.07) is 0. The van der Waals surface area contributed by atoms with Crippen molar-refractivity contribution in [1.29, 1.82) is 0 Å². The molecule has 1 fully saturated rings. The van der Waals surface area contributed by atoms with E-state index in [-0.39, 0.29) is 29.9 Å². The van der Waals surface area contributed by atoms with E-state index < -0.39 is 23.5 Å². The van der Waals surface area contributed by atoms with Gasteiger partial charge in [-0.2, -0.15) is 0 Å². The minimum Gasteiger partial charge on any atom is -0.460 e. The number of carbonyl (C=O) groups is 2. The molecule has 0 aliphatic heterocycles. The normalized spacial score (nSPS) is 36.3. The average Bonchev–Trinajstić information content (AvgIpc) is 2.89. The number of aryl methyl sites for hydroxylation is 1. The Morgan fingerprint density at radius 1 is 1.48 bits per heavy atom. The topological polar surface area (TPSA) is 76.7 Å². The van der Waals surface area contributed by atoms with Gasteiger partial charge in [-0.25, -0.2) is 0 Å². The lowest BCUT2D eigenvalue weighted by molar-refractivity contribution is -0.172. The Morgan fingerprint density at radius 2 is 2.17 bits per heavy atom. The molecule has 2 aliphatic carbocycles. The van der Waals surface area contributed by atoms with Crippen LogP contribution in [0.25, 0.3) is 0 Å². The highest BCUT2D eigenvalue weighted by molar-refractivity contribution is 5.99. The molecule has 5 heteroatoms. The molecule has 23 heavy (non-hydrogen) atoms. The zero-order valence-corrected chi connectivity index (χ0v) is 14.1. The van der Waals surface area contributed by atoms with Crippen LogP contribution in [0.4, 0.5) is 0 Å². The molecular weight excluding hydrogens is 296 g/mol. The molecule has 0 saturated heterocycles. The Labute approximate surface area is 136 Å². The van der Waals surface area contributed by atoms with Crippen LogP contribution in [0.15, 0.2) is 10.7 Å². The molecule has 2 aliphatic rings. The van der Waals surface area contributed by atoms with Crippen molar-refractivity contribution in [2.75, 3.05) is 0 Å². The molecule has 1 aromatic heterocycles. The number of esters is 1. The fourth-order valence-corrected chi connectivity index (χ4v) is 4.32. The van der Waals surface area contributed by atoms with Crippen LogP contribution in [0.3, 0.4) is 0 Å². The summed E-state index contributed by atoms with van der Waals surface area (Å²) in [7, 11) is 0. The van der Waals surface area contributed by atoms with E-state index in [9.17, 15) is 14.7 Å². The van der Waals surface area contributed by atoms with Gasteiger partial charge >= 0.3 is 5.97 Å². The third-order valence-electron chi connectivity index (χ3n) is 5.91. The molecule has 1 saturated carbocycles. The van der Waals surface area contributed by atoms with Crippen LogP contribution >= 0.6 is 0 Å². The first-order valence-corrected chi connectivity index (χ1v) is 8.32. The van der Waals surface area contributed by atoms with E-state index in [1.807, 2.05) is 13.8 Å². The quantitative estimate of drug-likeness (QED) is 0.847. The molecule has 5 atom stereocenters. The van der Waals surface area contributed by atoms with Gasteiger partial charge in [-0.15, -0.1) is 0 Å². The number of furan rings is 1. The summed E-state index contributed by atoms with van der Waals surface area (Å²) in [5.74, 6) is -0.676. The fourth-order valence-electron chi connectivity index (χ4n) is 4.32. The lowest BCUT2D eigenvalue weighted by Crippen LogP contribution is -2.55. The molecule has 0 bridgehead atoms. The molecule has 3 rings (SSSR count). The minimum absolute atomic E-state index is 0.150. The van der Waals surface area contributed by atoms with Crippen LogP contribution in [0.2, 0.25) is 0 Å². The highest BCUT2D eigenvalue weighted by Crippen LogP contribution is 2.59. The summed E-state index contributed by atoms with van der Waals surface area (Å²) in [4.78, 5) is 24.9. The van der Waals surface area contributed by atoms with Crippen LogP contribution in [0.5, 0.6) is 0 Å². The monoisotopic (exact) mass is 320 g/mol. The maximum atomic E-state index is 12.9. The van der Waals surface area contributed by atoms with Crippen LogP contribution in [0, 0.1) is 24.2 Å². The standard InChI is InChI=1S/C18H24O5/c1-5-12(20)23-17-13-9(2)8-22-16(13)15(21)14-11(19)7-6-10(3)18(14,17)4/h8,10-11,14,17,19H,5-7H2,1-4H3/t10-,11-,14+,17+,18+/m0/s1. The maximum Gasteiger partial charge on any atom is 0.306 e. The van der Waals surface area contributed by atoms with Gasteiger partial charge in [0.15, 0.2) is 5.76 Å². The summed E-state index contributed by atoms with van der Waals surface area (Å²) < 4.78 is 11.3. The Hall–Kier alpha value is -1.62. The third-order valence-corrected chi connectivity index (χ3v) is 5.91. The van der Waals surface area contributed by atoms with Crippen molar-refractivity contribution in [2.45, 2.75) is 59.2 Å². The molecule has 0 unspecified atom stereocenters. The van der Waals surface area contributed by atoms with E-state index in [4.69, 9.17) is 9.15 Å². The van der Waals surface area contributed by atoms with Gasteiger partial charge in [-0.3, -0.25) is 9.59 Å². The zero-order valence-electron chi connectivity index (χ0n) is 14.1. The zero-order chi connectivity index (χ0) is 16.9. The van der Waals surface area contributed by atoms with Crippen LogP contribution in [-0.2, 0) is 9.53 Å². The van der Waals surface area contributed by atoms with Crippen molar-refractivity contribution >= 4 is 11.8 Å². The number of hydrogen-bond donors (Lipinski definition) is 1. The van der Waals surface area contributed by atoms with Gasteiger partial charge in [0.2, 0.25) is 5.78 Å². The smallest absolute Gasteiger partial charge is 0.306 e. The summed E-state index contributed by atoms with van der Waals surface area (Å²) in [6.07, 6.45) is 1.90. The molecule has 0 amide bonds. The largest absolute Gasteiger partial charge is 0.460 e. The Balaban J connectivity index is 2.19. The van der Waals surface area contributed by atoms with E-state index in [0.29, 0.717) is 12.0 Å². The number of rotatable bonds is 2. The minimum atomic E-state index is -0.731. The van der Waals surface area contributed by atoms with E-state index >= 15 is 0 Å². The maximum absolute atomic E-state index is 12.9. The van der Waals surface area contributed by atoms with Gasteiger partial charge in [0.1, 0.15) is 6.10 Å². The van der Waals surface area contributed by atoms with E-state index in [1.165, 1.54) is 6.26 Å². The number of ether oxygens (including phenoxy) is 1. The Morgan fingerprint density at radius 3 is 2.83 bits per heavy atom. The second-order valence-corrected chi connectivity index (χ2v) is 7.14. The number of aliphatic hydroxyl groups is 1. The van der Waals surface area contributed by atoms with Crippen molar-refractivity contribution in [3.05, 3.63) is 23.2 Å². The average molecular weight is 320 g/mol. The van der Waals surface area contributed by atoms with E-state index in [1.54, 1.807) is 6.92 Å².